The highest BCUT2D eigenvalue weighted by Crippen LogP contribution is 2.17. The maximum absolute atomic E-state index is 10.4. The van der Waals surface area contributed by atoms with Crippen molar-refractivity contribution in [2.75, 3.05) is 5.75 Å². The van der Waals surface area contributed by atoms with E-state index in [2.05, 4.69) is 9.47 Å². The molecule has 0 atom stereocenters. The van der Waals surface area contributed by atoms with Gasteiger partial charge in [-0.1, -0.05) is 4.68 Å². The van der Waals surface area contributed by atoms with Gasteiger partial charge in [-0.3, -0.25) is 0 Å². The Morgan fingerprint density at radius 2 is 2.38 bits per heavy atom. The van der Waals surface area contributed by atoms with E-state index in [0.29, 0.717) is 10.8 Å². The third kappa shape index (κ3) is 2.84. The van der Waals surface area contributed by atoms with Crippen LogP contribution in [0.5, 0.6) is 0 Å². The molecule has 2 heterocycles. The van der Waals surface area contributed by atoms with Crippen LogP contribution >= 0.6 is 11.5 Å². The predicted molar refractivity (Wildman–Crippen MR) is 52.4 cm³/mol. The summed E-state index contributed by atoms with van der Waals surface area (Å²) >= 11 is 1.12. The van der Waals surface area contributed by atoms with Crippen LogP contribution in [-0.2, 0) is 16.7 Å². The lowest BCUT2D eigenvalue weighted by Gasteiger charge is -2.00. The van der Waals surface area contributed by atoms with E-state index >= 15 is 0 Å². The van der Waals surface area contributed by atoms with Crippen LogP contribution < -0.4 is 4.68 Å². The van der Waals surface area contributed by atoms with E-state index in [-0.39, 0.29) is 6.54 Å². The maximum Gasteiger partial charge on any atom is 0.244 e. The number of nitrogens with zero attached hydrogens (tertiary/aromatic N) is 3. The van der Waals surface area contributed by atoms with Crippen LogP contribution in [-0.4, -0.2) is 28.2 Å². The van der Waals surface area contributed by atoms with Gasteiger partial charge in [0.25, 0.3) is 0 Å². The summed E-state index contributed by atoms with van der Waals surface area (Å²) in [7, 11) is -4.21. The summed E-state index contributed by atoms with van der Waals surface area (Å²) in [5.74, 6) is -0.0619. The van der Waals surface area contributed by atoms with Crippen LogP contribution in [0.15, 0.2) is 23.1 Å². The fourth-order valence-corrected chi connectivity index (χ4v) is 2.11. The Morgan fingerprint density at radius 1 is 1.56 bits per heavy atom. The van der Waals surface area contributed by atoms with Crippen molar-refractivity contribution in [1.29, 1.82) is 0 Å². The molecule has 0 bridgehead atoms. The van der Waals surface area contributed by atoms with Crippen LogP contribution in [0.25, 0.3) is 10.8 Å². The molecule has 7 nitrogen and oxygen atoms in total. The van der Waals surface area contributed by atoms with Crippen molar-refractivity contribution in [3.8, 4) is 10.8 Å². The summed E-state index contributed by atoms with van der Waals surface area (Å²) in [5.41, 5.74) is 0. The molecule has 9 heteroatoms. The molecule has 2 rings (SSSR count). The molecule has 16 heavy (non-hydrogen) atoms. The van der Waals surface area contributed by atoms with E-state index in [0.717, 1.165) is 11.5 Å². The largest absolute Gasteiger partial charge is 0.748 e. The molecular formula is C7H7N3O4S2. The molecule has 0 saturated carbocycles. The summed E-state index contributed by atoms with van der Waals surface area (Å²) < 4.78 is 41.6. The Morgan fingerprint density at radius 3 is 3.00 bits per heavy atom. The number of oxazole rings is 1. The van der Waals surface area contributed by atoms with Crippen molar-refractivity contribution in [3.05, 3.63) is 18.7 Å². The second kappa shape index (κ2) is 4.28. The molecule has 2 aromatic rings. The van der Waals surface area contributed by atoms with Crippen molar-refractivity contribution < 1.29 is 22.1 Å². The van der Waals surface area contributed by atoms with Crippen LogP contribution in [0.4, 0.5) is 0 Å². The first-order valence-electron chi connectivity index (χ1n) is 4.24. The van der Waals surface area contributed by atoms with Gasteiger partial charge in [-0.15, -0.1) is 0 Å². The third-order valence-corrected chi connectivity index (χ3v) is 3.17. The third-order valence-electron chi connectivity index (χ3n) is 1.72. The number of hydrogen-bond donors (Lipinski definition) is 0. The zero-order valence-electron chi connectivity index (χ0n) is 7.94. The zero-order chi connectivity index (χ0) is 11.6. The Kier molecular flexibility index (Phi) is 2.99. The lowest BCUT2D eigenvalue weighted by Crippen LogP contribution is -2.37. The van der Waals surface area contributed by atoms with E-state index in [1.165, 1.54) is 17.1 Å². The van der Waals surface area contributed by atoms with Crippen LogP contribution in [0.1, 0.15) is 0 Å². The number of aromatic nitrogens is 3. The van der Waals surface area contributed by atoms with Gasteiger partial charge in [0.1, 0.15) is 16.4 Å². The molecule has 0 N–H and O–H groups in total. The Labute approximate surface area is 95.3 Å². The summed E-state index contributed by atoms with van der Waals surface area (Å²) in [6, 6.07) is 0. The summed E-state index contributed by atoms with van der Waals surface area (Å²) in [6.45, 7) is 0.0308. The van der Waals surface area contributed by atoms with Gasteiger partial charge in [0.05, 0.1) is 16.4 Å². The van der Waals surface area contributed by atoms with Gasteiger partial charge in [-0.2, -0.15) is 0 Å². The lowest BCUT2D eigenvalue weighted by atomic mass is 10.5. The van der Waals surface area contributed by atoms with Crippen LogP contribution in [0, 0.1) is 0 Å². The molecule has 0 aliphatic heterocycles. The van der Waals surface area contributed by atoms with Gasteiger partial charge in [0.2, 0.25) is 12.1 Å². The standard InChI is InChI=1S/C7H7N3O4S2/c11-16(12,13)4-2-10-5-6(15-9-10)7-8-1-3-14-7/h1,3,5H,2,4H2. The summed E-state index contributed by atoms with van der Waals surface area (Å²) in [5, 5.41) is 0. The summed E-state index contributed by atoms with van der Waals surface area (Å²) in [4.78, 5) is 4.59. The van der Waals surface area contributed by atoms with Crippen molar-refractivity contribution in [2.24, 2.45) is 0 Å². The van der Waals surface area contributed by atoms with Crippen LogP contribution in [0.3, 0.4) is 0 Å². The van der Waals surface area contributed by atoms with Gasteiger partial charge in [-0.25, -0.2) is 13.4 Å². The molecule has 0 aliphatic rings. The van der Waals surface area contributed by atoms with E-state index < -0.39 is 15.9 Å². The lowest BCUT2D eigenvalue weighted by molar-refractivity contribution is -0.742. The quantitative estimate of drug-likeness (QED) is 0.550. The molecule has 2 aromatic heterocycles. The Balaban J connectivity index is 2.09. The van der Waals surface area contributed by atoms with E-state index in [1.54, 1.807) is 6.20 Å². The first-order valence-corrected chi connectivity index (χ1v) is 6.59. The van der Waals surface area contributed by atoms with Gasteiger partial charge in [0.15, 0.2) is 11.4 Å². The smallest absolute Gasteiger partial charge is 0.244 e. The summed E-state index contributed by atoms with van der Waals surface area (Å²) in [6.07, 6.45) is 4.52. The highest BCUT2D eigenvalue weighted by atomic mass is 32.2. The van der Waals surface area contributed by atoms with Gasteiger partial charge in [0, 0.05) is 11.5 Å². The fourth-order valence-electron chi connectivity index (χ4n) is 1.03. The number of hydrogen-bond acceptors (Lipinski definition) is 7. The van der Waals surface area contributed by atoms with Crippen molar-refractivity contribution in [2.45, 2.75) is 6.54 Å². The van der Waals surface area contributed by atoms with Gasteiger partial charge < -0.3 is 8.97 Å². The van der Waals surface area contributed by atoms with Gasteiger partial charge >= 0.3 is 0 Å². The molecule has 0 radical (unpaired) electrons. The zero-order valence-corrected chi connectivity index (χ0v) is 9.57. The maximum atomic E-state index is 10.4. The molecule has 0 unspecified atom stereocenters. The van der Waals surface area contributed by atoms with Crippen molar-refractivity contribution in [1.82, 2.24) is 9.47 Å². The van der Waals surface area contributed by atoms with E-state index in [4.69, 9.17) is 4.42 Å². The second-order valence-electron chi connectivity index (χ2n) is 2.93. The highest BCUT2D eigenvalue weighted by molar-refractivity contribution is 7.85. The molecule has 0 fully saturated rings. The fraction of sp³-hybridized carbons (Fsp3) is 0.286. The van der Waals surface area contributed by atoms with E-state index in [1.807, 2.05) is 0 Å². The van der Waals surface area contributed by atoms with Crippen molar-refractivity contribution >= 4 is 21.7 Å². The molecule has 0 aromatic carbocycles. The molecular weight excluding hydrogens is 254 g/mol. The first-order chi connectivity index (χ1) is 7.54. The molecule has 86 valence electrons. The van der Waals surface area contributed by atoms with E-state index in [9.17, 15) is 13.0 Å². The molecule has 0 saturated heterocycles. The van der Waals surface area contributed by atoms with Crippen LogP contribution in [0.2, 0.25) is 0 Å². The predicted octanol–water partition coefficient (Wildman–Crippen LogP) is -0.369. The molecule has 0 spiro atoms. The Hall–Kier alpha value is -1.32. The monoisotopic (exact) mass is 261 g/mol. The average Bonchev–Trinajstić information content (AvgIpc) is 2.84. The second-order valence-corrected chi connectivity index (χ2v) is 5.24. The normalized spacial score (nSPS) is 11.8. The first kappa shape index (κ1) is 11.2. The topological polar surface area (TPSA) is 100 Å². The molecule has 0 amide bonds. The van der Waals surface area contributed by atoms with Crippen molar-refractivity contribution in [3.63, 3.8) is 0 Å². The Bertz CT molecular complexity index is 560. The SMILES string of the molecule is O=S(=O)([O-])CC[n+]1cc(-c2ncco2)sn1. The highest BCUT2D eigenvalue weighted by Gasteiger charge is 2.15. The minimum Gasteiger partial charge on any atom is -0.748 e. The average molecular weight is 261 g/mol. The number of aryl methyl sites for hydroxylation is 1. The van der Waals surface area contributed by atoms with Gasteiger partial charge in [-0.05, 0) is 0 Å². The minimum absolute atomic E-state index is 0.0308. The molecule has 0 aliphatic carbocycles. The number of rotatable bonds is 4. The minimum atomic E-state index is -4.21.